The lowest BCUT2D eigenvalue weighted by Crippen LogP contribution is -2.50. The Labute approximate surface area is 121 Å². The summed E-state index contributed by atoms with van der Waals surface area (Å²) in [5.41, 5.74) is -0.0746. The Morgan fingerprint density at radius 3 is 2.52 bits per heavy atom. The lowest BCUT2D eigenvalue weighted by atomic mass is 10.2. The third-order valence-corrected chi connectivity index (χ3v) is 3.46. The van der Waals surface area contributed by atoms with Gasteiger partial charge >= 0.3 is 0 Å². The van der Waals surface area contributed by atoms with Gasteiger partial charge in [-0.2, -0.15) is 0 Å². The Balaban J connectivity index is 1.68. The van der Waals surface area contributed by atoms with Crippen molar-refractivity contribution in [3.8, 4) is 0 Å². The largest absolute Gasteiger partial charge is 0.367 e. The number of rotatable bonds is 2. The van der Waals surface area contributed by atoms with Gasteiger partial charge in [0.15, 0.2) is 5.43 Å². The van der Waals surface area contributed by atoms with Crippen molar-refractivity contribution in [3.05, 3.63) is 52.7 Å². The minimum atomic E-state index is -0.257. The van der Waals surface area contributed by atoms with Crippen LogP contribution in [0, 0.1) is 0 Å². The summed E-state index contributed by atoms with van der Waals surface area (Å²) in [4.78, 5) is 38.9. The van der Waals surface area contributed by atoms with E-state index >= 15 is 0 Å². The first-order valence-corrected chi connectivity index (χ1v) is 6.74. The van der Waals surface area contributed by atoms with Crippen LogP contribution in [0.15, 0.2) is 41.7 Å². The first-order valence-electron chi connectivity index (χ1n) is 6.74. The van der Waals surface area contributed by atoms with Gasteiger partial charge in [-0.1, -0.05) is 0 Å². The van der Waals surface area contributed by atoms with Gasteiger partial charge in [-0.3, -0.25) is 9.59 Å². The number of piperazine rings is 1. The predicted octanol–water partition coefficient (Wildman–Crippen LogP) is 0.127. The molecule has 0 unspecified atom stereocenters. The van der Waals surface area contributed by atoms with E-state index < -0.39 is 0 Å². The Kier molecular flexibility index (Phi) is 3.63. The molecule has 1 aliphatic rings. The summed E-state index contributed by atoms with van der Waals surface area (Å²) in [6.45, 7) is 2.40. The summed E-state index contributed by atoms with van der Waals surface area (Å²) < 4.78 is 0. The van der Waals surface area contributed by atoms with Gasteiger partial charge in [0, 0.05) is 57.0 Å². The lowest BCUT2D eigenvalue weighted by molar-refractivity contribution is 0.0744. The first kappa shape index (κ1) is 13.3. The standard InChI is InChI=1S/C14H15N5O2/c20-12-2-5-15-10-11(12)13(21)18-6-8-19(9-7-18)14-16-3-1-4-17-14/h1-5,10H,6-9H2,(H,15,20). The van der Waals surface area contributed by atoms with E-state index in [-0.39, 0.29) is 16.9 Å². The number of anilines is 1. The van der Waals surface area contributed by atoms with Gasteiger partial charge in [-0.15, -0.1) is 0 Å². The number of amides is 1. The minimum Gasteiger partial charge on any atom is -0.367 e. The molecule has 0 aliphatic carbocycles. The molecule has 1 fully saturated rings. The molecule has 0 saturated carbocycles. The Morgan fingerprint density at radius 2 is 1.86 bits per heavy atom. The highest BCUT2D eigenvalue weighted by Gasteiger charge is 2.24. The number of nitrogens with one attached hydrogen (secondary N) is 1. The highest BCUT2D eigenvalue weighted by Crippen LogP contribution is 2.11. The molecule has 108 valence electrons. The molecule has 7 heteroatoms. The van der Waals surface area contributed by atoms with Gasteiger partial charge in [-0.05, 0) is 6.07 Å². The maximum Gasteiger partial charge on any atom is 0.259 e. The fraction of sp³-hybridized carbons (Fsp3) is 0.286. The van der Waals surface area contributed by atoms with E-state index in [9.17, 15) is 9.59 Å². The molecule has 21 heavy (non-hydrogen) atoms. The molecule has 1 amide bonds. The van der Waals surface area contributed by atoms with Crippen molar-refractivity contribution in [2.45, 2.75) is 0 Å². The maximum atomic E-state index is 12.3. The molecule has 0 radical (unpaired) electrons. The number of aromatic nitrogens is 3. The Bertz CT molecular complexity index is 677. The van der Waals surface area contributed by atoms with Crippen LogP contribution in [-0.4, -0.2) is 51.9 Å². The highest BCUT2D eigenvalue weighted by atomic mass is 16.2. The minimum absolute atomic E-state index is 0.182. The summed E-state index contributed by atoms with van der Waals surface area (Å²) in [5, 5.41) is 0. The summed E-state index contributed by atoms with van der Waals surface area (Å²) >= 11 is 0. The molecule has 3 rings (SSSR count). The van der Waals surface area contributed by atoms with Gasteiger partial charge < -0.3 is 14.8 Å². The quantitative estimate of drug-likeness (QED) is 0.848. The van der Waals surface area contributed by atoms with Gasteiger partial charge in [0.1, 0.15) is 5.56 Å². The molecular formula is C14H15N5O2. The monoisotopic (exact) mass is 285 g/mol. The van der Waals surface area contributed by atoms with E-state index in [1.807, 2.05) is 4.90 Å². The molecule has 1 N–H and O–H groups in total. The zero-order chi connectivity index (χ0) is 14.7. The summed E-state index contributed by atoms with van der Waals surface area (Å²) in [7, 11) is 0. The summed E-state index contributed by atoms with van der Waals surface area (Å²) in [5.74, 6) is 0.438. The smallest absolute Gasteiger partial charge is 0.259 e. The zero-order valence-corrected chi connectivity index (χ0v) is 11.4. The van der Waals surface area contributed by atoms with E-state index in [2.05, 4.69) is 15.0 Å². The number of hydrogen-bond donors (Lipinski definition) is 1. The van der Waals surface area contributed by atoms with Crippen LogP contribution in [0.3, 0.4) is 0 Å². The predicted molar refractivity (Wildman–Crippen MR) is 77.2 cm³/mol. The van der Waals surface area contributed by atoms with Crippen LogP contribution in [0.4, 0.5) is 5.95 Å². The number of pyridine rings is 1. The van der Waals surface area contributed by atoms with Crippen molar-refractivity contribution in [1.29, 1.82) is 0 Å². The van der Waals surface area contributed by atoms with Crippen molar-refractivity contribution < 1.29 is 4.79 Å². The van der Waals surface area contributed by atoms with Crippen LogP contribution in [0.1, 0.15) is 10.4 Å². The van der Waals surface area contributed by atoms with E-state index in [0.717, 1.165) is 0 Å². The van der Waals surface area contributed by atoms with Crippen molar-refractivity contribution >= 4 is 11.9 Å². The third-order valence-electron chi connectivity index (χ3n) is 3.46. The molecule has 0 spiro atoms. The number of carbonyl (C=O) groups excluding carboxylic acids is 1. The molecule has 2 aromatic rings. The number of carbonyl (C=O) groups is 1. The van der Waals surface area contributed by atoms with Gasteiger partial charge in [-0.25, -0.2) is 9.97 Å². The average molecular weight is 285 g/mol. The number of H-pyrrole nitrogens is 1. The second-order valence-corrected chi connectivity index (χ2v) is 4.75. The zero-order valence-electron chi connectivity index (χ0n) is 11.4. The molecule has 0 bridgehead atoms. The van der Waals surface area contributed by atoms with Crippen molar-refractivity contribution in [1.82, 2.24) is 19.9 Å². The van der Waals surface area contributed by atoms with Crippen molar-refractivity contribution in [2.75, 3.05) is 31.1 Å². The number of aromatic amines is 1. The first-order chi connectivity index (χ1) is 10.3. The number of nitrogens with zero attached hydrogens (tertiary/aromatic N) is 4. The van der Waals surface area contributed by atoms with Crippen molar-refractivity contribution in [3.63, 3.8) is 0 Å². The molecule has 1 saturated heterocycles. The molecular weight excluding hydrogens is 270 g/mol. The molecule has 7 nitrogen and oxygen atoms in total. The average Bonchev–Trinajstić information content (AvgIpc) is 2.56. The molecule has 3 heterocycles. The van der Waals surface area contributed by atoms with Gasteiger partial charge in [0.05, 0.1) is 0 Å². The normalized spacial score (nSPS) is 15.0. The second-order valence-electron chi connectivity index (χ2n) is 4.75. The van der Waals surface area contributed by atoms with Crippen molar-refractivity contribution in [2.24, 2.45) is 0 Å². The van der Waals surface area contributed by atoms with Crippen LogP contribution >= 0.6 is 0 Å². The van der Waals surface area contributed by atoms with Gasteiger partial charge in [0.25, 0.3) is 5.91 Å². The highest BCUT2D eigenvalue weighted by molar-refractivity contribution is 5.93. The van der Waals surface area contributed by atoms with E-state index in [4.69, 9.17) is 0 Å². The van der Waals surface area contributed by atoms with Crippen LogP contribution in [-0.2, 0) is 0 Å². The SMILES string of the molecule is O=C(c1c[nH]ccc1=O)N1CCN(c2ncccn2)CC1. The fourth-order valence-corrected chi connectivity index (χ4v) is 2.32. The van der Waals surface area contributed by atoms with E-state index in [0.29, 0.717) is 32.1 Å². The van der Waals surface area contributed by atoms with Crippen LogP contribution in [0.5, 0.6) is 0 Å². The van der Waals surface area contributed by atoms with Crippen LogP contribution in [0.2, 0.25) is 0 Å². The molecule has 0 aromatic carbocycles. The molecule has 0 atom stereocenters. The summed E-state index contributed by atoms with van der Waals surface area (Å²) in [6.07, 6.45) is 6.37. The molecule has 2 aromatic heterocycles. The van der Waals surface area contributed by atoms with E-state index in [1.165, 1.54) is 18.5 Å². The van der Waals surface area contributed by atoms with Crippen LogP contribution in [0.25, 0.3) is 0 Å². The number of hydrogen-bond acceptors (Lipinski definition) is 5. The third kappa shape index (κ3) is 2.76. The van der Waals surface area contributed by atoms with Crippen LogP contribution < -0.4 is 10.3 Å². The van der Waals surface area contributed by atoms with E-state index in [1.54, 1.807) is 23.4 Å². The Morgan fingerprint density at radius 1 is 1.14 bits per heavy atom. The Hall–Kier alpha value is -2.70. The van der Waals surface area contributed by atoms with Gasteiger partial charge in [0.2, 0.25) is 5.95 Å². The molecule has 1 aliphatic heterocycles. The summed E-state index contributed by atoms with van der Waals surface area (Å²) in [6, 6.07) is 3.13. The maximum absolute atomic E-state index is 12.3. The topological polar surface area (TPSA) is 82.2 Å². The fourth-order valence-electron chi connectivity index (χ4n) is 2.32. The second kappa shape index (κ2) is 5.74. The lowest BCUT2D eigenvalue weighted by Gasteiger charge is -2.34.